The molecule has 0 amide bonds. The van der Waals surface area contributed by atoms with E-state index in [1.165, 1.54) is 24.0 Å². The summed E-state index contributed by atoms with van der Waals surface area (Å²) in [5.74, 6) is 1.57. The first kappa shape index (κ1) is 15.6. The highest BCUT2D eigenvalue weighted by molar-refractivity contribution is 5.98. The Labute approximate surface area is 153 Å². The van der Waals surface area contributed by atoms with Gasteiger partial charge in [0.05, 0.1) is 12.1 Å². The van der Waals surface area contributed by atoms with E-state index < -0.39 is 0 Å². The summed E-state index contributed by atoms with van der Waals surface area (Å²) in [7, 11) is 0. The molecular weight excluding hydrogens is 324 g/mol. The van der Waals surface area contributed by atoms with Crippen LogP contribution in [0.15, 0.2) is 58.5 Å². The Morgan fingerprint density at radius 2 is 1.12 bits per heavy atom. The lowest BCUT2D eigenvalue weighted by Crippen LogP contribution is -2.29. The minimum absolute atomic E-state index is 0.161. The van der Waals surface area contributed by atoms with Gasteiger partial charge in [-0.05, 0) is 25.0 Å². The summed E-state index contributed by atoms with van der Waals surface area (Å²) in [6.07, 6.45) is 4.50. The van der Waals surface area contributed by atoms with Gasteiger partial charge in [-0.15, -0.1) is 0 Å². The van der Waals surface area contributed by atoms with Crippen molar-refractivity contribution in [3.8, 4) is 0 Å². The van der Waals surface area contributed by atoms with E-state index in [1.54, 1.807) is 0 Å². The molecule has 132 valence electrons. The van der Waals surface area contributed by atoms with Crippen molar-refractivity contribution in [2.45, 2.75) is 51.0 Å². The molecule has 0 radical (unpaired) electrons. The summed E-state index contributed by atoms with van der Waals surface area (Å²) in [5.41, 5.74) is 4.70. The van der Waals surface area contributed by atoms with E-state index in [9.17, 15) is 0 Å². The van der Waals surface area contributed by atoms with Gasteiger partial charge in [-0.3, -0.25) is 0 Å². The topological polar surface area (TPSA) is 43.2 Å². The fourth-order valence-electron chi connectivity index (χ4n) is 4.07. The lowest BCUT2D eigenvalue weighted by atomic mass is 9.91. The van der Waals surface area contributed by atoms with E-state index in [0.717, 1.165) is 35.8 Å². The molecule has 1 aliphatic carbocycles. The molecular formula is C22H22N2O2. The van der Waals surface area contributed by atoms with E-state index >= 15 is 0 Å². The Kier molecular flexibility index (Phi) is 3.96. The zero-order valence-electron chi connectivity index (χ0n) is 14.7. The van der Waals surface area contributed by atoms with Crippen LogP contribution in [0.1, 0.15) is 47.9 Å². The smallest absolute Gasteiger partial charge is 0.217 e. The summed E-state index contributed by atoms with van der Waals surface area (Å²) in [6, 6.07) is 16.9. The summed E-state index contributed by atoms with van der Waals surface area (Å²) >= 11 is 0. The summed E-state index contributed by atoms with van der Waals surface area (Å²) < 4.78 is 11.7. The van der Waals surface area contributed by atoms with Gasteiger partial charge in [0.2, 0.25) is 11.8 Å². The van der Waals surface area contributed by atoms with Gasteiger partial charge >= 0.3 is 0 Å². The molecule has 5 rings (SSSR count). The van der Waals surface area contributed by atoms with Gasteiger partial charge in [-0.1, -0.05) is 49.2 Å². The summed E-state index contributed by atoms with van der Waals surface area (Å²) in [4.78, 5) is 9.98. The Bertz CT molecular complexity index is 814. The highest BCUT2D eigenvalue weighted by atomic mass is 16.5. The molecule has 2 aliphatic heterocycles. The van der Waals surface area contributed by atoms with Crippen LogP contribution in [0.3, 0.4) is 0 Å². The predicted octanol–water partition coefficient (Wildman–Crippen LogP) is 4.25. The van der Waals surface area contributed by atoms with Gasteiger partial charge < -0.3 is 9.47 Å². The number of ether oxygens (including phenoxy) is 2. The van der Waals surface area contributed by atoms with E-state index in [-0.39, 0.29) is 12.1 Å². The SMILES string of the molecule is c1ccc2c(c1)COC2=NC1CCCCC1N=C1OCc2ccccc21. The van der Waals surface area contributed by atoms with Crippen LogP contribution in [0.2, 0.25) is 0 Å². The predicted molar refractivity (Wildman–Crippen MR) is 102 cm³/mol. The number of aliphatic imine (C=N–C) groups is 2. The van der Waals surface area contributed by atoms with Gasteiger partial charge in [-0.25, -0.2) is 9.98 Å². The van der Waals surface area contributed by atoms with Gasteiger partial charge in [0.25, 0.3) is 0 Å². The zero-order valence-corrected chi connectivity index (χ0v) is 14.7. The number of hydrogen-bond acceptors (Lipinski definition) is 4. The van der Waals surface area contributed by atoms with Crippen LogP contribution in [-0.4, -0.2) is 23.9 Å². The van der Waals surface area contributed by atoms with Crippen molar-refractivity contribution in [2.24, 2.45) is 9.98 Å². The first-order valence-corrected chi connectivity index (χ1v) is 9.46. The van der Waals surface area contributed by atoms with Crippen LogP contribution < -0.4 is 0 Å². The molecule has 3 aliphatic rings. The average molecular weight is 346 g/mol. The van der Waals surface area contributed by atoms with Crippen molar-refractivity contribution in [2.75, 3.05) is 0 Å². The maximum Gasteiger partial charge on any atom is 0.217 e. The van der Waals surface area contributed by atoms with E-state index in [1.807, 2.05) is 12.1 Å². The Balaban J connectivity index is 1.44. The van der Waals surface area contributed by atoms with Crippen LogP contribution in [0.5, 0.6) is 0 Å². The fraction of sp³-hybridized carbons (Fsp3) is 0.364. The van der Waals surface area contributed by atoms with Crippen LogP contribution in [-0.2, 0) is 22.7 Å². The molecule has 2 unspecified atom stereocenters. The van der Waals surface area contributed by atoms with Gasteiger partial charge in [0.1, 0.15) is 13.2 Å². The third-order valence-corrected chi connectivity index (χ3v) is 5.48. The molecule has 0 spiro atoms. The quantitative estimate of drug-likeness (QED) is 0.816. The number of hydrogen-bond donors (Lipinski definition) is 0. The second kappa shape index (κ2) is 6.60. The Morgan fingerprint density at radius 3 is 1.62 bits per heavy atom. The van der Waals surface area contributed by atoms with Gasteiger partial charge in [-0.2, -0.15) is 0 Å². The molecule has 2 aromatic carbocycles. The third kappa shape index (κ3) is 2.79. The molecule has 4 heteroatoms. The van der Waals surface area contributed by atoms with E-state index in [0.29, 0.717) is 13.2 Å². The van der Waals surface area contributed by atoms with Crippen LogP contribution >= 0.6 is 0 Å². The standard InChI is InChI=1S/C22H22N2O2/c1-3-9-17-15(7-1)13-25-21(17)23-19-11-5-6-12-20(19)24-22-18-10-4-2-8-16(18)14-26-22/h1-4,7-10,19-20H,5-6,11-14H2. The summed E-state index contributed by atoms with van der Waals surface area (Å²) in [5, 5.41) is 0. The van der Waals surface area contributed by atoms with Crippen LogP contribution in [0, 0.1) is 0 Å². The molecule has 26 heavy (non-hydrogen) atoms. The van der Waals surface area contributed by atoms with Crippen molar-refractivity contribution in [3.63, 3.8) is 0 Å². The second-order valence-electron chi connectivity index (χ2n) is 7.18. The number of rotatable bonds is 2. The lowest BCUT2D eigenvalue weighted by Gasteiger charge is -2.26. The van der Waals surface area contributed by atoms with Crippen molar-refractivity contribution in [1.82, 2.24) is 0 Å². The van der Waals surface area contributed by atoms with E-state index in [2.05, 4.69) is 36.4 Å². The molecule has 4 nitrogen and oxygen atoms in total. The number of fused-ring (bicyclic) bond motifs is 2. The van der Waals surface area contributed by atoms with Crippen LogP contribution in [0.25, 0.3) is 0 Å². The van der Waals surface area contributed by atoms with Crippen LogP contribution in [0.4, 0.5) is 0 Å². The third-order valence-electron chi connectivity index (χ3n) is 5.48. The Hall–Kier alpha value is -2.62. The molecule has 1 saturated carbocycles. The second-order valence-corrected chi connectivity index (χ2v) is 7.18. The largest absolute Gasteiger partial charge is 0.473 e. The first-order chi connectivity index (χ1) is 12.9. The normalized spacial score (nSPS) is 27.1. The molecule has 0 aromatic heterocycles. The first-order valence-electron chi connectivity index (χ1n) is 9.46. The average Bonchev–Trinajstić information content (AvgIpc) is 3.28. The maximum absolute atomic E-state index is 5.87. The van der Waals surface area contributed by atoms with Crippen molar-refractivity contribution < 1.29 is 9.47 Å². The van der Waals surface area contributed by atoms with Gasteiger partial charge in [0.15, 0.2) is 0 Å². The van der Waals surface area contributed by atoms with Crippen molar-refractivity contribution in [3.05, 3.63) is 70.8 Å². The molecule has 1 fully saturated rings. The monoisotopic (exact) mass is 346 g/mol. The lowest BCUT2D eigenvalue weighted by molar-refractivity contribution is 0.295. The highest BCUT2D eigenvalue weighted by Crippen LogP contribution is 2.29. The fourth-order valence-corrected chi connectivity index (χ4v) is 4.07. The molecule has 0 N–H and O–H groups in total. The Morgan fingerprint density at radius 1 is 0.654 bits per heavy atom. The van der Waals surface area contributed by atoms with Crippen molar-refractivity contribution in [1.29, 1.82) is 0 Å². The zero-order chi connectivity index (χ0) is 17.3. The number of benzene rings is 2. The molecule has 0 saturated heterocycles. The van der Waals surface area contributed by atoms with Crippen molar-refractivity contribution >= 4 is 11.8 Å². The minimum atomic E-state index is 0.161. The number of nitrogens with zero attached hydrogens (tertiary/aromatic N) is 2. The molecule has 2 aromatic rings. The molecule has 2 heterocycles. The van der Waals surface area contributed by atoms with E-state index in [4.69, 9.17) is 19.5 Å². The molecule has 2 atom stereocenters. The minimum Gasteiger partial charge on any atom is -0.473 e. The molecule has 0 bridgehead atoms. The maximum atomic E-state index is 5.87. The van der Waals surface area contributed by atoms with Gasteiger partial charge in [0, 0.05) is 22.3 Å². The highest BCUT2D eigenvalue weighted by Gasteiger charge is 2.29. The summed E-state index contributed by atoms with van der Waals surface area (Å²) in [6.45, 7) is 1.24.